The van der Waals surface area contributed by atoms with Crippen molar-refractivity contribution in [2.75, 3.05) is 17.4 Å². The van der Waals surface area contributed by atoms with E-state index in [1.165, 1.54) is 11.4 Å². The number of nitrogens with two attached hydrogens (primary N) is 1. The van der Waals surface area contributed by atoms with Gasteiger partial charge in [-0.3, -0.25) is 19.2 Å². The fraction of sp³-hybridized carbons (Fsp3) is 0.310. The van der Waals surface area contributed by atoms with Gasteiger partial charge in [-0.2, -0.15) is 0 Å². The van der Waals surface area contributed by atoms with Crippen LogP contribution in [0, 0.1) is 5.92 Å². The SMILES string of the molecule is CC(C)ON(c1ccccc1)[C@@H](Cc1ccccc1)C(=O)NP(=O)(O)OCC1C=CC(n2cnc3c(N)ncnc32)C1. The van der Waals surface area contributed by atoms with E-state index in [2.05, 4.69) is 20.0 Å². The van der Waals surface area contributed by atoms with Gasteiger partial charge in [0.25, 0.3) is 5.91 Å². The summed E-state index contributed by atoms with van der Waals surface area (Å²) >= 11 is 0. The van der Waals surface area contributed by atoms with Gasteiger partial charge in [0.1, 0.15) is 17.9 Å². The summed E-state index contributed by atoms with van der Waals surface area (Å²) in [5.74, 6) is -0.571. The Morgan fingerprint density at radius 1 is 1.12 bits per heavy atom. The van der Waals surface area contributed by atoms with Gasteiger partial charge < -0.3 is 15.2 Å². The average molecular weight is 592 g/mol. The number of hydroxylamine groups is 1. The molecule has 2 aromatic carbocycles. The molecular weight excluding hydrogens is 557 g/mol. The molecule has 3 unspecified atom stereocenters. The highest BCUT2D eigenvalue weighted by Gasteiger charge is 2.34. The van der Waals surface area contributed by atoms with Crippen LogP contribution in [0.4, 0.5) is 11.5 Å². The van der Waals surface area contributed by atoms with Crippen LogP contribution in [0.15, 0.2) is 85.5 Å². The summed E-state index contributed by atoms with van der Waals surface area (Å²) in [7, 11) is -4.52. The number of hydrogen-bond donors (Lipinski definition) is 3. The van der Waals surface area contributed by atoms with Crippen LogP contribution in [0.2, 0.25) is 0 Å². The van der Waals surface area contributed by atoms with E-state index in [-0.39, 0.29) is 31.1 Å². The molecule has 0 aliphatic heterocycles. The number of anilines is 2. The van der Waals surface area contributed by atoms with Gasteiger partial charge in [-0.1, -0.05) is 60.7 Å². The van der Waals surface area contributed by atoms with Gasteiger partial charge in [-0.15, -0.1) is 0 Å². The van der Waals surface area contributed by atoms with Crippen LogP contribution in [0.1, 0.15) is 31.9 Å². The van der Waals surface area contributed by atoms with Crippen LogP contribution in [-0.2, 0) is 25.1 Å². The summed E-state index contributed by atoms with van der Waals surface area (Å²) in [5.41, 5.74) is 8.52. The number of para-hydroxylation sites is 1. The van der Waals surface area contributed by atoms with E-state index in [9.17, 15) is 14.3 Å². The van der Waals surface area contributed by atoms with E-state index in [1.54, 1.807) is 6.33 Å². The Bertz CT molecular complexity index is 1580. The molecule has 0 spiro atoms. The normalized spacial score (nSPS) is 18.7. The van der Waals surface area contributed by atoms with Crippen LogP contribution in [-0.4, -0.2) is 49.1 Å². The molecular formula is C29H34N7O5P. The molecule has 4 N–H and O–H groups in total. The standard InChI is InChI=1S/C29H34N7O5P/c1-20(2)41-36(23-11-7-4-8-12-23)25(16-21-9-5-3-6-10-21)29(37)34-42(38,39)40-17-22-13-14-24(15-22)35-19-33-26-27(30)31-18-32-28(26)35/h3-14,18-20,22,24-25H,15-17H2,1-2H3,(H2,30,31,32)(H2,34,37,38,39)/t22?,24?,25-/m0/s1. The zero-order valence-corrected chi connectivity index (χ0v) is 24.2. The molecule has 0 saturated heterocycles. The molecule has 0 radical (unpaired) electrons. The molecule has 0 fully saturated rings. The van der Waals surface area contributed by atoms with Crippen molar-refractivity contribution in [3.05, 3.63) is 91.0 Å². The van der Waals surface area contributed by atoms with Crippen molar-refractivity contribution in [3.63, 3.8) is 0 Å². The number of rotatable bonds is 12. The van der Waals surface area contributed by atoms with Crippen molar-refractivity contribution in [3.8, 4) is 0 Å². The van der Waals surface area contributed by atoms with Crippen molar-refractivity contribution >= 4 is 36.3 Å². The summed E-state index contributed by atoms with van der Waals surface area (Å²) in [6.07, 6.45) is 7.47. The number of carbonyl (C=O) groups excluding carboxylic acids is 1. The van der Waals surface area contributed by atoms with Gasteiger partial charge in [0.2, 0.25) is 0 Å². The van der Waals surface area contributed by atoms with Gasteiger partial charge in [0, 0.05) is 12.3 Å². The van der Waals surface area contributed by atoms with Crippen molar-refractivity contribution < 1.29 is 23.6 Å². The van der Waals surface area contributed by atoms with Gasteiger partial charge in [-0.25, -0.2) is 24.6 Å². The van der Waals surface area contributed by atoms with E-state index in [4.69, 9.17) is 15.1 Å². The maximum Gasteiger partial charge on any atom is 0.432 e. The first-order chi connectivity index (χ1) is 20.2. The molecule has 0 bridgehead atoms. The Morgan fingerprint density at radius 2 is 1.83 bits per heavy atom. The van der Waals surface area contributed by atoms with E-state index in [0.717, 1.165) is 5.56 Å². The second-order valence-corrected chi connectivity index (χ2v) is 11.9. The minimum Gasteiger partial charge on any atom is -0.382 e. The quantitative estimate of drug-likeness (QED) is 0.124. The predicted molar refractivity (Wildman–Crippen MR) is 159 cm³/mol. The largest absolute Gasteiger partial charge is 0.432 e. The maximum atomic E-state index is 13.6. The zero-order chi connectivity index (χ0) is 29.7. The summed E-state index contributed by atoms with van der Waals surface area (Å²) < 4.78 is 20.4. The second kappa shape index (κ2) is 12.8. The van der Waals surface area contributed by atoms with E-state index in [1.807, 2.05) is 91.2 Å². The van der Waals surface area contributed by atoms with Crippen molar-refractivity contribution in [2.24, 2.45) is 5.92 Å². The van der Waals surface area contributed by atoms with Gasteiger partial charge in [0.15, 0.2) is 11.5 Å². The lowest BCUT2D eigenvalue weighted by molar-refractivity contribution is -0.123. The van der Waals surface area contributed by atoms with Gasteiger partial charge in [-0.05, 0) is 38.0 Å². The number of allylic oxidation sites excluding steroid dienone is 1. The molecule has 0 saturated carbocycles. The number of amides is 1. The summed E-state index contributed by atoms with van der Waals surface area (Å²) in [6, 6.07) is 17.5. The minimum absolute atomic E-state index is 0.0704. The fourth-order valence-electron chi connectivity index (χ4n) is 4.87. The molecule has 2 heterocycles. The predicted octanol–water partition coefficient (Wildman–Crippen LogP) is 4.22. The number of imidazole rings is 1. The third kappa shape index (κ3) is 7.03. The first-order valence-corrected chi connectivity index (χ1v) is 15.2. The number of nitrogens with one attached hydrogen (secondary N) is 1. The molecule has 12 nitrogen and oxygen atoms in total. The van der Waals surface area contributed by atoms with Gasteiger partial charge in [0.05, 0.1) is 30.8 Å². The lowest BCUT2D eigenvalue weighted by Gasteiger charge is -2.33. The van der Waals surface area contributed by atoms with E-state index in [0.29, 0.717) is 29.1 Å². The number of nitrogens with zero attached hydrogens (tertiary/aromatic N) is 5. The Kier molecular flexibility index (Phi) is 8.98. The Hall–Kier alpha value is -4.09. The topological polar surface area (TPSA) is 158 Å². The first kappa shape index (κ1) is 29.4. The van der Waals surface area contributed by atoms with Crippen molar-refractivity contribution in [1.29, 1.82) is 0 Å². The number of fused-ring (bicyclic) bond motifs is 1. The molecule has 4 atom stereocenters. The highest BCUT2D eigenvalue weighted by molar-refractivity contribution is 7.51. The number of benzene rings is 2. The van der Waals surface area contributed by atoms with E-state index < -0.39 is 19.7 Å². The molecule has 1 aliphatic carbocycles. The highest BCUT2D eigenvalue weighted by atomic mass is 31.2. The summed E-state index contributed by atoms with van der Waals surface area (Å²) in [6.45, 7) is 3.63. The molecule has 2 aromatic heterocycles. The molecule has 13 heteroatoms. The lowest BCUT2D eigenvalue weighted by atomic mass is 10.0. The molecule has 5 rings (SSSR count). The molecule has 220 valence electrons. The molecule has 1 aliphatic rings. The van der Waals surface area contributed by atoms with Crippen LogP contribution >= 0.6 is 7.75 Å². The van der Waals surface area contributed by atoms with Crippen LogP contribution in [0.25, 0.3) is 11.2 Å². The van der Waals surface area contributed by atoms with Crippen molar-refractivity contribution in [2.45, 2.75) is 44.9 Å². The average Bonchev–Trinajstić information content (AvgIpc) is 3.62. The third-order valence-corrected chi connectivity index (χ3v) is 7.80. The third-order valence-electron chi connectivity index (χ3n) is 6.80. The lowest BCUT2D eigenvalue weighted by Crippen LogP contribution is -2.48. The zero-order valence-electron chi connectivity index (χ0n) is 23.4. The second-order valence-electron chi connectivity index (χ2n) is 10.3. The van der Waals surface area contributed by atoms with Crippen LogP contribution in [0.3, 0.4) is 0 Å². The molecule has 4 aromatic rings. The highest BCUT2D eigenvalue weighted by Crippen LogP contribution is 2.40. The number of nitrogen functional groups attached to an aromatic ring is 1. The number of hydrogen-bond acceptors (Lipinski definition) is 9. The summed E-state index contributed by atoms with van der Waals surface area (Å²) in [5, 5.41) is 3.74. The summed E-state index contributed by atoms with van der Waals surface area (Å²) in [4.78, 5) is 42.9. The Labute approximate surface area is 243 Å². The van der Waals surface area contributed by atoms with Crippen LogP contribution in [0.5, 0.6) is 0 Å². The minimum atomic E-state index is -4.52. The van der Waals surface area contributed by atoms with Crippen LogP contribution < -0.4 is 15.9 Å². The maximum absolute atomic E-state index is 13.6. The van der Waals surface area contributed by atoms with Crippen molar-refractivity contribution in [1.82, 2.24) is 24.6 Å². The monoisotopic (exact) mass is 591 g/mol. The Morgan fingerprint density at radius 3 is 2.55 bits per heavy atom. The first-order valence-electron chi connectivity index (χ1n) is 13.7. The fourth-order valence-corrected chi connectivity index (χ4v) is 5.76. The van der Waals surface area contributed by atoms with E-state index >= 15 is 0 Å². The van der Waals surface area contributed by atoms with Gasteiger partial charge >= 0.3 is 7.75 Å². The molecule has 42 heavy (non-hydrogen) atoms. The smallest absolute Gasteiger partial charge is 0.382 e. The molecule has 1 amide bonds. The number of carbonyl (C=O) groups is 1. The number of aromatic nitrogens is 4. The Balaban J connectivity index is 1.27.